The zero-order chi connectivity index (χ0) is 10.6. The quantitative estimate of drug-likeness (QED) is 0.270. The van der Waals surface area contributed by atoms with Crippen LogP contribution in [0.5, 0.6) is 0 Å². The highest BCUT2D eigenvalue weighted by molar-refractivity contribution is 5.79. The van der Waals surface area contributed by atoms with E-state index < -0.39 is 0 Å². The van der Waals surface area contributed by atoms with Crippen LogP contribution in [-0.4, -0.2) is 19.0 Å². The fraction of sp³-hybridized carbons (Fsp3) is 0.900. The number of hydrogen-bond acceptors (Lipinski definition) is 2. The maximum atomic E-state index is 5.36. The summed E-state index contributed by atoms with van der Waals surface area (Å²) in [6.07, 6.45) is 1.33. The summed E-state index contributed by atoms with van der Waals surface area (Å²) in [5.74, 6) is 8.33. The lowest BCUT2D eigenvalue weighted by Gasteiger charge is -2.09. The first-order valence-corrected chi connectivity index (χ1v) is 5.38. The van der Waals surface area contributed by atoms with Gasteiger partial charge in [-0.25, -0.2) is 5.84 Å². The van der Waals surface area contributed by atoms with Gasteiger partial charge in [-0.1, -0.05) is 20.8 Å². The summed E-state index contributed by atoms with van der Waals surface area (Å²) in [7, 11) is 0. The molecule has 1 rings (SSSR count). The Morgan fingerprint density at radius 1 is 1.57 bits per heavy atom. The second kappa shape index (κ2) is 5.20. The van der Waals surface area contributed by atoms with E-state index in [1.165, 1.54) is 6.42 Å². The second-order valence-electron chi connectivity index (χ2n) is 4.58. The first kappa shape index (κ1) is 11.3. The van der Waals surface area contributed by atoms with E-state index in [1.807, 2.05) is 0 Å². The van der Waals surface area contributed by atoms with E-state index in [4.69, 9.17) is 5.84 Å². The van der Waals surface area contributed by atoms with Crippen LogP contribution in [0, 0.1) is 17.8 Å². The molecule has 4 heteroatoms. The van der Waals surface area contributed by atoms with Gasteiger partial charge >= 0.3 is 0 Å². The van der Waals surface area contributed by atoms with Gasteiger partial charge in [0.25, 0.3) is 0 Å². The van der Waals surface area contributed by atoms with Crippen LogP contribution in [0.3, 0.4) is 0 Å². The van der Waals surface area contributed by atoms with E-state index in [-0.39, 0.29) is 0 Å². The van der Waals surface area contributed by atoms with Crippen molar-refractivity contribution >= 4 is 5.96 Å². The van der Waals surface area contributed by atoms with E-state index in [0.717, 1.165) is 30.9 Å². The molecular formula is C10H22N4. The molecule has 0 spiro atoms. The average molecular weight is 198 g/mol. The standard InChI is InChI=1S/C10H22N4/c1-7(2)5-12-10(14-11)13-6-9-4-8(9)3/h7-9H,4-6,11H2,1-3H3,(H2,12,13,14). The lowest BCUT2D eigenvalue weighted by molar-refractivity contribution is 0.649. The molecule has 0 radical (unpaired) electrons. The molecule has 4 nitrogen and oxygen atoms in total. The molecular weight excluding hydrogens is 176 g/mol. The molecule has 0 aromatic rings. The number of nitrogens with zero attached hydrogens (tertiary/aromatic N) is 1. The highest BCUT2D eigenvalue weighted by atomic mass is 15.3. The van der Waals surface area contributed by atoms with Gasteiger partial charge in [0, 0.05) is 13.1 Å². The van der Waals surface area contributed by atoms with Gasteiger partial charge in [-0.15, -0.1) is 0 Å². The van der Waals surface area contributed by atoms with Crippen LogP contribution in [0.2, 0.25) is 0 Å². The first-order chi connectivity index (χ1) is 6.63. The molecule has 82 valence electrons. The number of nitrogens with two attached hydrogens (primary N) is 1. The molecule has 0 heterocycles. The molecule has 14 heavy (non-hydrogen) atoms. The Labute approximate surface area is 86.3 Å². The van der Waals surface area contributed by atoms with Crippen LogP contribution < -0.4 is 16.6 Å². The van der Waals surface area contributed by atoms with E-state index in [1.54, 1.807) is 0 Å². The van der Waals surface area contributed by atoms with E-state index in [2.05, 4.69) is 36.5 Å². The minimum absolute atomic E-state index is 0.569. The zero-order valence-corrected chi connectivity index (χ0v) is 9.38. The fourth-order valence-electron chi connectivity index (χ4n) is 1.34. The van der Waals surface area contributed by atoms with Gasteiger partial charge < -0.3 is 5.32 Å². The van der Waals surface area contributed by atoms with E-state index in [9.17, 15) is 0 Å². The van der Waals surface area contributed by atoms with E-state index in [0.29, 0.717) is 5.92 Å². The Hall–Kier alpha value is -0.770. The predicted octanol–water partition coefficient (Wildman–Crippen LogP) is 0.707. The third-order valence-electron chi connectivity index (χ3n) is 2.56. The number of rotatable bonds is 4. The van der Waals surface area contributed by atoms with Gasteiger partial charge in [0.15, 0.2) is 0 Å². The summed E-state index contributed by atoms with van der Waals surface area (Å²) in [6, 6.07) is 0. The fourth-order valence-corrected chi connectivity index (χ4v) is 1.34. The summed E-state index contributed by atoms with van der Waals surface area (Å²) >= 11 is 0. The normalized spacial score (nSPS) is 26.5. The van der Waals surface area contributed by atoms with Crippen LogP contribution in [-0.2, 0) is 0 Å². The molecule has 0 aromatic carbocycles. The van der Waals surface area contributed by atoms with Gasteiger partial charge in [0.05, 0.1) is 0 Å². The van der Waals surface area contributed by atoms with Crippen molar-refractivity contribution in [2.75, 3.05) is 13.1 Å². The SMILES string of the molecule is CC(C)CN=C(NN)NCC1CC1C. The van der Waals surface area contributed by atoms with Crippen molar-refractivity contribution in [3.05, 3.63) is 0 Å². The van der Waals surface area contributed by atoms with Crippen LogP contribution in [0.4, 0.5) is 0 Å². The minimum atomic E-state index is 0.569. The zero-order valence-electron chi connectivity index (χ0n) is 9.38. The van der Waals surface area contributed by atoms with Gasteiger partial charge in [0.1, 0.15) is 0 Å². The summed E-state index contributed by atoms with van der Waals surface area (Å²) in [5, 5.41) is 3.23. The van der Waals surface area contributed by atoms with Crippen molar-refractivity contribution in [2.24, 2.45) is 28.6 Å². The molecule has 1 fully saturated rings. The van der Waals surface area contributed by atoms with Crippen LogP contribution in [0.25, 0.3) is 0 Å². The van der Waals surface area contributed by atoms with E-state index >= 15 is 0 Å². The van der Waals surface area contributed by atoms with Crippen molar-refractivity contribution in [2.45, 2.75) is 27.2 Å². The average Bonchev–Trinajstić information content (AvgIpc) is 2.82. The van der Waals surface area contributed by atoms with Crippen molar-refractivity contribution in [3.8, 4) is 0 Å². The lowest BCUT2D eigenvalue weighted by atomic mass is 10.2. The van der Waals surface area contributed by atoms with Gasteiger partial charge in [-0.05, 0) is 24.2 Å². The monoisotopic (exact) mass is 198 g/mol. The molecule has 0 amide bonds. The van der Waals surface area contributed by atoms with Crippen molar-refractivity contribution in [1.82, 2.24) is 10.7 Å². The number of nitrogens with one attached hydrogen (secondary N) is 2. The largest absolute Gasteiger partial charge is 0.355 e. The van der Waals surface area contributed by atoms with Crippen molar-refractivity contribution in [1.29, 1.82) is 0 Å². The maximum absolute atomic E-state index is 5.36. The Morgan fingerprint density at radius 2 is 2.21 bits per heavy atom. The van der Waals surface area contributed by atoms with Crippen molar-refractivity contribution < 1.29 is 0 Å². The smallest absolute Gasteiger partial charge is 0.205 e. The number of guanidine groups is 1. The third kappa shape index (κ3) is 3.96. The molecule has 0 aliphatic heterocycles. The highest BCUT2D eigenvalue weighted by Gasteiger charge is 2.32. The molecule has 0 bridgehead atoms. The molecule has 1 aliphatic carbocycles. The van der Waals surface area contributed by atoms with Crippen LogP contribution >= 0.6 is 0 Å². The first-order valence-electron chi connectivity index (χ1n) is 5.38. The maximum Gasteiger partial charge on any atom is 0.205 e. The van der Waals surface area contributed by atoms with Gasteiger partial charge in [-0.3, -0.25) is 10.4 Å². The number of hydrazine groups is 1. The van der Waals surface area contributed by atoms with Crippen LogP contribution in [0.1, 0.15) is 27.2 Å². The Kier molecular flexibility index (Phi) is 4.20. The third-order valence-corrected chi connectivity index (χ3v) is 2.56. The molecule has 2 unspecified atom stereocenters. The molecule has 4 N–H and O–H groups in total. The summed E-state index contributed by atoms with van der Waals surface area (Å²) in [4.78, 5) is 4.34. The number of hydrogen-bond donors (Lipinski definition) is 3. The molecule has 1 saturated carbocycles. The highest BCUT2D eigenvalue weighted by Crippen LogP contribution is 2.36. The Morgan fingerprint density at radius 3 is 2.64 bits per heavy atom. The molecule has 2 atom stereocenters. The van der Waals surface area contributed by atoms with Crippen molar-refractivity contribution in [3.63, 3.8) is 0 Å². The summed E-state index contributed by atoms with van der Waals surface area (Å²) < 4.78 is 0. The lowest BCUT2D eigenvalue weighted by Crippen LogP contribution is -2.42. The Bertz CT molecular complexity index is 200. The minimum Gasteiger partial charge on any atom is -0.355 e. The van der Waals surface area contributed by atoms with Crippen LogP contribution in [0.15, 0.2) is 4.99 Å². The number of aliphatic imine (C=N–C) groups is 1. The molecule has 0 saturated heterocycles. The Balaban J connectivity index is 2.20. The summed E-state index contributed by atoms with van der Waals surface area (Å²) in [6.45, 7) is 8.35. The van der Waals surface area contributed by atoms with Gasteiger partial charge in [-0.2, -0.15) is 0 Å². The van der Waals surface area contributed by atoms with Gasteiger partial charge in [0.2, 0.25) is 5.96 Å². The second-order valence-corrected chi connectivity index (χ2v) is 4.58. The predicted molar refractivity (Wildman–Crippen MR) is 59.7 cm³/mol. The summed E-state index contributed by atoms with van der Waals surface area (Å²) in [5.41, 5.74) is 2.59. The topological polar surface area (TPSA) is 62.4 Å². The molecule has 0 aromatic heterocycles. The molecule has 1 aliphatic rings.